The highest BCUT2D eigenvalue weighted by molar-refractivity contribution is 6.00. The van der Waals surface area contributed by atoms with Crippen molar-refractivity contribution in [1.82, 2.24) is 20.0 Å². The minimum atomic E-state index is 0.0270. The number of rotatable bonds is 5. The maximum absolute atomic E-state index is 12.5. The molecular formula is C21H19N5O2. The summed E-state index contributed by atoms with van der Waals surface area (Å²) in [5.74, 6) is 0.638. The Labute approximate surface area is 161 Å². The van der Waals surface area contributed by atoms with Gasteiger partial charge in [-0.05, 0) is 30.5 Å². The van der Waals surface area contributed by atoms with Crippen molar-refractivity contribution in [2.24, 2.45) is 5.92 Å². The zero-order valence-electron chi connectivity index (χ0n) is 15.2. The lowest BCUT2D eigenvalue weighted by Gasteiger charge is -2.23. The Hall–Kier alpha value is -3.48. The molecule has 1 N–H and O–H groups in total. The highest BCUT2D eigenvalue weighted by Gasteiger charge is 2.27. The molecule has 0 radical (unpaired) electrons. The molecule has 7 nitrogen and oxygen atoms in total. The lowest BCUT2D eigenvalue weighted by atomic mass is 9.85. The van der Waals surface area contributed by atoms with Crippen LogP contribution in [0.2, 0.25) is 0 Å². The second-order valence-corrected chi connectivity index (χ2v) is 7.09. The summed E-state index contributed by atoms with van der Waals surface area (Å²) in [6, 6.07) is 13.8. The van der Waals surface area contributed by atoms with Gasteiger partial charge < -0.3 is 9.73 Å². The molecule has 1 aliphatic carbocycles. The van der Waals surface area contributed by atoms with E-state index in [4.69, 9.17) is 4.42 Å². The van der Waals surface area contributed by atoms with Crippen LogP contribution in [0.3, 0.4) is 0 Å². The minimum Gasteiger partial charge on any atom is -0.472 e. The van der Waals surface area contributed by atoms with Crippen LogP contribution in [0.5, 0.6) is 0 Å². The summed E-state index contributed by atoms with van der Waals surface area (Å²) >= 11 is 0. The van der Waals surface area contributed by atoms with Crippen LogP contribution in [0.1, 0.15) is 24.8 Å². The van der Waals surface area contributed by atoms with Crippen molar-refractivity contribution < 1.29 is 9.21 Å². The van der Waals surface area contributed by atoms with Gasteiger partial charge >= 0.3 is 0 Å². The monoisotopic (exact) mass is 373 g/mol. The van der Waals surface area contributed by atoms with Crippen LogP contribution in [-0.4, -0.2) is 25.9 Å². The molecule has 0 atom stereocenters. The summed E-state index contributed by atoms with van der Waals surface area (Å²) in [7, 11) is 0. The molecule has 5 rings (SSSR count). The second-order valence-electron chi connectivity index (χ2n) is 7.09. The lowest BCUT2D eigenvalue weighted by Crippen LogP contribution is -2.28. The third-order valence-corrected chi connectivity index (χ3v) is 5.20. The van der Waals surface area contributed by atoms with E-state index in [2.05, 4.69) is 20.6 Å². The Morgan fingerprint density at radius 1 is 1.18 bits per heavy atom. The van der Waals surface area contributed by atoms with E-state index >= 15 is 0 Å². The van der Waals surface area contributed by atoms with Gasteiger partial charge in [0.15, 0.2) is 11.5 Å². The van der Waals surface area contributed by atoms with Crippen molar-refractivity contribution in [3.8, 4) is 11.3 Å². The van der Waals surface area contributed by atoms with E-state index < -0.39 is 0 Å². The average molecular weight is 373 g/mol. The number of amides is 1. The van der Waals surface area contributed by atoms with Gasteiger partial charge in [0.1, 0.15) is 0 Å². The number of nitrogens with zero attached hydrogens (tertiary/aromatic N) is 4. The first kappa shape index (κ1) is 16.7. The SMILES string of the molecule is O=C(Nc1nn(Cc2ccccc2)c2nnc(-c3ccoc3)cc12)C1CCC1. The summed E-state index contributed by atoms with van der Waals surface area (Å²) in [5.41, 5.74) is 3.26. The van der Waals surface area contributed by atoms with Crippen LogP contribution in [0.15, 0.2) is 59.4 Å². The third kappa shape index (κ3) is 3.05. The predicted octanol–water partition coefficient (Wildman–Crippen LogP) is 3.87. The number of fused-ring (bicyclic) bond motifs is 1. The Bertz CT molecular complexity index is 1110. The number of hydrogen-bond donors (Lipinski definition) is 1. The van der Waals surface area contributed by atoms with Gasteiger partial charge in [-0.1, -0.05) is 36.8 Å². The van der Waals surface area contributed by atoms with Crippen molar-refractivity contribution in [2.45, 2.75) is 25.8 Å². The van der Waals surface area contributed by atoms with E-state index in [-0.39, 0.29) is 11.8 Å². The van der Waals surface area contributed by atoms with Gasteiger partial charge in [-0.2, -0.15) is 5.10 Å². The molecule has 1 fully saturated rings. The molecule has 1 saturated carbocycles. The molecule has 1 aromatic carbocycles. The lowest BCUT2D eigenvalue weighted by molar-refractivity contribution is -0.122. The molecule has 1 amide bonds. The van der Waals surface area contributed by atoms with E-state index in [1.165, 1.54) is 0 Å². The molecule has 1 aliphatic rings. The molecule has 0 saturated heterocycles. The van der Waals surface area contributed by atoms with Crippen molar-refractivity contribution in [2.75, 3.05) is 5.32 Å². The summed E-state index contributed by atoms with van der Waals surface area (Å²) < 4.78 is 6.94. The number of hydrogen-bond acceptors (Lipinski definition) is 5. The van der Waals surface area contributed by atoms with Crippen LogP contribution < -0.4 is 5.32 Å². The highest BCUT2D eigenvalue weighted by atomic mass is 16.3. The molecule has 7 heteroatoms. The zero-order valence-corrected chi connectivity index (χ0v) is 15.2. The number of anilines is 1. The van der Waals surface area contributed by atoms with Crippen LogP contribution in [0, 0.1) is 5.92 Å². The Morgan fingerprint density at radius 2 is 2.04 bits per heavy atom. The summed E-state index contributed by atoms with van der Waals surface area (Å²) in [4.78, 5) is 12.5. The second kappa shape index (κ2) is 6.92. The molecule has 28 heavy (non-hydrogen) atoms. The largest absolute Gasteiger partial charge is 0.472 e. The van der Waals surface area contributed by atoms with Crippen molar-refractivity contribution in [3.05, 3.63) is 60.6 Å². The number of aromatic nitrogens is 4. The summed E-state index contributed by atoms with van der Waals surface area (Å²) in [5, 5.41) is 17.1. The number of benzene rings is 1. The fraction of sp³-hybridized carbons (Fsp3) is 0.238. The van der Waals surface area contributed by atoms with Crippen molar-refractivity contribution in [1.29, 1.82) is 0 Å². The molecule has 0 bridgehead atoms. The fourth-order valence-corrected chi connectivity index (χ4v) is 3.37. The van der Waals surface area contributed by atoms with Crippen LogP contribution in [-0.2, 0) is 11.3 Å². The van der Waals surface area contributed by atoms with Gasteiger partial charge in [0.25, 0.3) is 0 Å². The molecule has 0 unspecified atom stereocenters. The summed E-state index contributed by atoms with van der Waals surface area (Å²) in [6.45, 7) is 0.552. The van der Waals surface area contributed by atoms with Crippen LogP contribution >= 0.6 is 0 Å². The van der Waals surface area contributed by atoms with Crippen LogP contribution in [0.4, 0.5) is 5.82 Å². The first-order valence-electron chi connectivity index (χ1n) is 9.39. The van der Waals surface area contributed by atoms with Gasteiger partial charge in [0, 0.05) is 11.5 Å². The molecule has 3 heterocycles. The van der Waals surface area contributed by atoms with E-state index in [9.17, 15) is 4.79 Å². The highest BCUT2D eigenvalue weighted by Crippen LogP contribution is 2.30. The number of nitrogens with one attached hydrogen (secondary N) is 1. The maximum atomic E-state index is 12.5. The van der Waals surface area contributed by atoms with Gasteiger partial charge in [0.05, 0.1) is 30.2 Å². The Balaban J connectivity index is 1.56. The van der Waals surface area contributed by atoms with Crippen molar-refractivity contribution >= 4 is 22.8 Å². The quantitative estimate of drug-likeness (QED) is 0.574. The normalized spacial score (nSPS) is 14.1. The fourth-order valence-electron chi connectivity index (χ4n) is 3.37. The van der Waals surface area contributed by atoms with Gasteiger partial charge in [-0.15, -0.1) is 10.2 Å². The average Bonchev–Trinajstić information content (AvgIpc) is 3.30. The smallest absolute Gasteiger partial charge is 0.228 e. The predicted molar refractivity (Wildman–Crippen MR) is 105 cm³/mol. The van der Waals surface area contributed by atoms with Crippen molar-refractivity contribution in [3.63, 3.8) is 0 Å². The first-order chi connectivity index (χ1) is 13.8. The molecule has 0 spiro atoms. The summed E-state index contributed by atoms with van der Waals surface area (Å²) in [6.07, 6.45) is 6.21. The van der Waals surface area contributed by atoms with Gasteiger partial charge in [-0.3, -0.25) is 4.79 Å². The van der Waals surface area contributed by atoms with E-state index in [0.29, 0.717) is 23.7 Å². The molecular weight excluding hydrogens is 354 g/mol. The Morgan fingerprint density at radius 3 is 2.75 bits per heavy atom. The topological polar surface area (TPSA) is 85.8 Å². The molecule has 140 valence electrons. The molecule has 3 aromatic heterocycles. The minimum absolute atomic E-state index is 0.0270. The zero-order chi connectivity index (χ0) is 18.9. The number of furan rings is 1. The van der Waals surface area contributed by atoms with Gasteiger partial charge in [0.2, 0.25) is 5.91 Å². The van der Waals surface area contributed by atoms with Gasteiger partial charge in [-0.25, -0.2) is 4.68 Å². The van der Waals surface area contributed by atoms with E-state index in [1.807, 2.05) is 42.5 Å². The maximum Gasteiger partial charge on any atom is 0.228 e. The molecule has 0 aliphatic heterocycles. The Kier molecular flexibility index (Phi) is 4.12. The van der Waals surface area contributed by atoms with Crippen LogP contribution in [0.25, 0.3) is 22.3 Å². The van der Waals surface area contributed by atoms with E-state index in [1.54, 1.807) is 17.2 Å². The third-order valence-electron chi connectivity index (χ3n) is 5.20. The first-order valence-corrected chi connectivity index (χ1v) is 9.39. The standard InChI is InChI=1S/C21H19N5O2/c27-21(15-7-4-8-15)22-19-17-11-18(16-9-10-28-13-16)23-24-20(17)26(25-19)12-14-5-2-1-3-6-14/h1-3,5-6,9-11,13,15H,4,7-8,12H2,(H,22,25,27). The van der Waals surface area contributed by atoms with E-state index in [0.717, 1.165) is 35.8 Å². The number of carbonyl (C=O) groups is 1. The number of carbonyl (C=O) groups excluding carboxylic acids is 1. The molecule has 4 aromatic rings.